The van der Waals surface area contributed by atoms with Gasteiger partial charge in [-0.3, -0.25) is 9.68 Å². The Hall–Kier alpha value is -2.99. The third kappa shape index (κ3) is 3.56. The lowest BCUT2D eigenvalue weighted by molar-refractivity contribution is -0.221. The van der Waals surface area contributed by atoms with Crippen molar-refractivity contribution in [3.63, 3.8) is 0 Å². The number of aryl methyl sites for hydroxylation is 1. The molecule has 0 N–H and O–H groups in total. The molecular formula is C22H19ClO6. The summed E-state index contributed by atoms with van der Waals surface area (Å²) in [4.78, 5) is 35.0. The average molecular weight is 415 g/mol. The first-order valence-corrected chi connectivity index (χ1v) is 9.66. The summed E-state index contributed by atoms with van der Waals surface area (Å²) in [5.74, 6) is 0.292. The molecule has 0 amide bonds. The SMILES string of the molecule is COc1c(-c2cc(=O)c3cccc(Cl)c3o2)ccc(C)c1OOC(=O)C1CCC1. The van der Waals surface area contributed by atoms with Crippen LogP contribution in [0.4, 0.5) is 0 Å². The molecule has 0 atom stereocenters. The maximum Gasteiger partial charge on any atom is 0.358 e. The van der Waals surface area contributed by atoms with Crippen molar-refractivity contribution in [2.45, 2.75) is 26.2 Å². The Morgan fingerprint density at radius 3 is 2.66 bits per heavy atom. The van der Waals surface area contributed by atoms with Crippen molar-refractivity contribution in [2.24, 2.45) is 5.92 Å². The molecule has 0 unspecified atom stereocenters. The lowest BCUT2D eigenvalue weighted by Gasteiger charge is -2.22. The summed E-state index contributed by atoms with van der Waals surface area (Å²) in [5.41, 5.74) is 1.24. The topological polar surface area (TPSA) is 75.0 Å². The van der Waals surface area contributed by atoms with Crippen LogP contribution in [0.5, 0.6) is 11.5 Å². The quantitative estimate of drug-likeness (QED) is 0.428. The van der Waals surface area contributed by atoms with Crippen molar-refractivity contribution in [3.05, 3.63) is 57.2 Å². The van der Waals surface area contributed by atoms with Crippen LogP contribution in [0.1, 0.15) is 24.8 Å². The van der Waals surface area contributed by atoms with Crippen molar-refractivity contribution >= 4 is 28.5 Å². The van der Waals surface area contributed by atoms with E-state index in [0.29, 0.717) is 27.3 Å². The van der Waals surface area contributed by atoms with Crippen LogP contribution in [0.25, 0.3) is 22.3 Å². The van der Waals surface area contributed by atoms with Crippen molar-refractivity contribution in [1.29, 1.82) is 0 Å². The monoisotopic (exact) mass is 414 g/mol. The number of ether oxygens (including phenoxy) is 1. The van der Waals surface area contributed by atoms with Crippen LogP contribution < -0.4 is 15.1 Å². The van der Waals surface area contributed by atoms with Crippen molar-refractivity contribution in [2.75, 3.05) is 7.11 Å². The normalized spacial score (nSPS) is 13.8. The molecule has 0 spiro atoms. The van der Waals surface area contributed by atoms with Crippen molar-refractivity contribution < 1.29 is 23.7 Å². The molecule has 0 bridgehead atoms. The van der Waals surface area contributed by atoms with E-state index in [4.69, 9.17) is 30.5 Å². The van der Waals surface area contributed by atoms with E-state index in [2.05, 4.69) is 0 Å². The van der Waals surface area contributed by atoms with Crippen LogP contribution in [0.15, 0.2) is 45.6 Å². The van der Waals surface area contributed by atoms with Gasteiger partial charge in [-0.05, 0) is 38.0 Å². The number of fused-ring (bicyclic) bond motifs is 1. The van der Waals surface area contributed by atoms with E-state index in [-0.39, 0.29) is 28.4 Å². The molecule has 0 saturated heterocycles. The molecule has 1 aliphatic carbocycles. The number of methoxy groups -OCH3 is 1. The number of para-hydroxylation sites is 1. The number of benzene rings is 2. The highest BCUT2D eigenvalue weighted by Crippen LogP contribution is 2.41. The summed E-state index contributed by atoms with van der Waals surface area (Å²) in [7, 11) is 1.46. The molecule has 150 valence electrons. The van der Waals surface area contributed by atoms with Gasteiger partial charge in [-0.15, -0.1) is 0 Å². The highest BCUT2D eigenvalue weighted by atomic mass is 35.5. The standard InChI is InChI=1S/C22H19ClO6/c1-12-9-10-15(18-11-17(24)14-7-4-8-16(23)20(14)27-18)21(26-2)19(12)28-29-22(25)13-5-3-6-13/h4,7-11,13H,3,5-6H2,1-2H3. The second kappa shape index (κ2) is 7.79. The van der Waals surface area contributed by atoms with Crippen LogP contribution in [0.3, 0.4) is 0 Å². The van der Waals surface area contributed by atoms with Crippen molar-refractivity contribution in [1.82, 2.24) is 0 Å². The van der Waals surface area contributed by atoms with Crippen LogP contribution in [0, 0.1) is 12.8 Å². The minimum Gasteiger partial charge on any atom is -0.492 e. The highest BCUT2D eigenvalue weighted by Gasteiger charge is 2.29. The molecule has 7 heteroatoms. The molecule has 2 aromatic carbocycles. The first kappa shape index (κ1) is 19.3. The van der Waals surface area contributed by atoms with Crippen LogP contribution >= 0.6 is 11.6 Å². The molecule has 0 radical (unpaired) electrons. The second-order valence-corrected chi connectivity index (χ2v) is 7.40. The van der Waals surface area contributed by atoms with E-state index in [1.165, 1.54) is 13.2 Å². The first-order chi connectivity index (χ1) is 14.0. The minimum absolute atomic E-state index is 0.120. The largest absolute Gasteiger partial charge is 0.492 e. The Bertz CT molecular complexity index is 1150. The molecule has 3 aromatic rings. The van der Waals surface area contributed by atoms with E-state index in [0.717, 1.165) is 19.3 Å². The third-order valence-electron chi connectivity index (χ3n) is 5.13. The molecule has 1 saturated carbocycles. The van der Waals surface area contributed by atoms with Gasteiger partial charge in [-0.25, -0.2) is 9.68 Å². The summed E-state index contributed by atoms with van der Waals surface area (Å²) < 4.78 is 11.4. The molecular weight excluding hydrogens is 396 g/mol. The maximum atomic E-state index is 12.5. The van der Waals surface area contributed by atoms with Gasteiger partial charge in [0.15, 0.2) is 16.8 Å². The van der Waals surface area contributed by atoms with Gasteiger partial charge in [0.25, 0.3) is 0 Å². The zero-order valence-electron chi connectivity index (χ0n) is 16.0. The molecule has 6 nitrogen and oxygen atoms in total. The first-order valence-electron chi connectivity index (χ1n) is 9.28. The summed E-state index contributed by atoms with van der Waals surface area (Å²) in [6.45, 7) is 1.80. The Labute approximate surface area is 171 Å². The van der Waals surface area contributed by atoms with E-state index in [1.807, 2.05) is 0 Å². The number of carbonyl (C=O) groups is 1. The maximum absolute atomic E-state index is 12.5. The Morgan fingerprint density at radius 1 is 1.17 bits per heavy atom. The zero-order chi connectivity index (χ0) is 20.5. The lowest BCUT2D eigenvalue weighted by Crippen LogP contribution is -2.25. The smallest absolute Gasteiger partial charge is 0.358 e. The summed E-state index contributed by atoms with van der Waals surface area (Å²) in [5, 5.41) is 0.719. The summed E-state index contributed by atoms with van der Waals surface area (Å²) in [6.07, 6.45) is 2.63. The van der Waals surface area contributed by atoms with Crippen LogP contribution in [-0.4, -0.2) is 13.1 Å². The van der Waals surface area contributed by atoms with Crippen LogP contribution in [0.2, 0.25) is 5.02 Å². The van der Waals surface area contributed by atoms with Gasteiger partial charge in [0.05, 0.1) is 29.0 Å². The molecule has 1 fully saturated rings. The Balaban J connectivity index is 1.76. The fourth-order valence-corrected chi connectivity index (χ4v) is 3.44. The molecule has 0 aliphatic heterocycles. The Kier molecular flexibility index (Phi) is 5.20. The molecule has 29 heavy (non-hydrogen) atoms. The van der Waals surface area contributed by atoms with E-state index < -0.39 is 5.97 Å². The molecule has 1 aromatic heterocycles. The summed E-state index contributed by atoms with van der Waals surface area (Å²) >= 11 is 6.21. The van der Waals surface area contributed by atoms with E-state index >= 15 is 0 Å². The van der Waals surface area contributed by atoms with Gasteiger partial charge in [-0.1, -0.05) is 30.2 Å². The molecule has 1 heterocycles. The number of halogens is 1. The second-order valence-electron chi connectivity index (χ2n) is 7.00. The van der Waals surface area contributed by atoms with Gasteiger partial charge in [0, 0.05) is 11.6 Å². The van der Waals surface area contributed by atoms with Gasteiger partial charge in [0.2, 0.25) is 5.75 Å². The number of hydrogen-bond donors (Lipinski definition) is 0. The summed E-state index contributed by atoms with van der Waals surface area (Å²) in [6, 6.07) is 9.87. The van der Waals surface area contributed by atoms with Crippen LogP contribution in [-0.2, 0) is 9.68 Å². The lowest BCUT2D eigenvalue weighted by atomic mass is 9.86. The Morgan fingerprint density at radius 2 is 1.97 bits per heavy atom. The fraction of sp³-hybridized carbons (Fsp3) is 0.273. The molecule has 4 rings (SSSR count). The highest BCUT2D eigenvalue weighted by molar-refractivity contribution is 6.34. The number of hydrogen-bond acceptors (Lipinski definition) is 6. The zero-order valence-corrected chi connectivity index (χ0v) is 16.7. The van der Waals surface area contributed by atoms with Gasteiger partial charge < -0.3 is 9.15 Å². The van der Waals surface area contributed by atoms with E-state index in [9.17, 15) is 9.59 Å². The van der Waals surface area contributed by atoms with E-state index in [1.54, 1.807) is 37.3 Å². The fourth-order valence-electron chi connectivity index (χ4n) is 3.23. The predicted octanol–water partition coefficient (Wildman–Crippen LogP) is 5.07. The van der Waals surface area contributed by atoms with Crippen molar-refractivity contribution in [3.8, 4) is 22.8 Å². The number of carbonyl (C=O) groups excluding carboxylic acids is 1. The average Bonchev–Trinajstić information content (AvgIpc) is 2.66. The third-order valence-corrected chi connectivity index (χ3v) is 5.43. The number of rotatable bonds is 5. The van der Waals surface area contributed by atoms with Gasteiger partial charge >= 0.3 is 5.97 Å². The minimum atomic E-state index is -0.396. The predicted molar refractivity (Wildman–Crippen MR) is 108 cm³/mol. The van der Waals surface area contributed by atoms with Gasteiger partial charge in [-0.2, -0.15) is 0 Å². The molecule has 1 aliphatic rings. The van der Waals surface area contributed by atoms with Gasteiger partial charge in [0.1, 0.15) is 5.76 Å².